The van der Waals surface area contributed by atoms with E-state index in [1.807, 2.05) is 6.92 Å². The molecule has 1 atom stereocenters. The molecule has 22 heavy (non-hydrogen) atoms. The predicted octanol–water partition coefficient (Wildman–Crippen LogP) is 5.54. The van der Waals surface area contributed by atoms with Crippen LogP contribution in [-0.2, 0) is 0 Å². The van der Waals surface area contributed by atoms with Crippen molar-refractivity contribution in [1.82, 2.24) is 4.90 Å². The summed E-state index contributed by atoms with van der Waals surface area (Å²) in [7, 11) is 0. The highest BCUT2D eigenvalue weighted by Crippen LogP contribution is 2.26. The van der Waals surface area contributed by atoms with E-state index < -0.39 is 0 Å². The summed E-state index contributed by atoms with van der Waals surface area (Å²) in [6, 6.07) is 0. The fourth-order valence-corrected chi connectivity index (χ4v) is 2.53. The van der Waals surface area contributed by atoms with E-state index in [1.165, 1.54) is 0 Å². The number of nitrogens with zero attached hydrogens (tertiary/aromatic N) is 2. The van der Waals surface area contributed by atoms with Crippen molar-refractivity contribution in [2.45, 2.75) is 53.4 Å². The Morgan fingerprint density at radius 1 is 1.32 bits per heavy atom. The van der Waals surface area contributed by atoms with Gasteiger partial charge in [0.15, 0.2) is 0 Å². The topological polar surface area (TPSA) is 15.6 Å². The zero-order valence-electron chi connectivity index (χ0n) is 14.9. The molecule has 0 saturated heterocycles. The van der Waals surface area contributed by atoms with Gasteiger partial charge in [0.1, 0.15) is 0 Å². The molecule has 126 valence electrons. The van der Waals surface area contributed by atoms with Gasteiger partial charge in [-0.3, -0.25) is 9.38 Å². The van der Waals surface area contributed by atoms with Crippen LogP contribution >= 0.6 is 0 Å². The largest absolute Gasteiger partial charge is 0.370 e. The summed E-state index contributed by atoms with van der Waals surface area (Å²) in [6.07, 6.45) is 7.52. The van der Waals surface area contributed by atoms with Crippen LogP contribution < -0.4 is 0 Å². The van der Waals surface area contributed by atoms with Crippen LogP contribution in [0.1, 0.15) is 53.4 Å². The Balaban J connectivity index is 5.70. The van der Waals surface area contributed by atoms with Gasteiger partial charge in [0.05, 0.1) is 18.1 Å². The minimum atomic E-state index is -0.319. The van der Waals surface area contributed by atoms with Crippen LogP contribution in [0.3, 0.4) is 0 Å². The fourth-order valence-electron chi connectivity index (χ4n) is 2.53. The third kappa shape index (κ3) is 7.06. The lowest BCUT2D eigenvalue weighted by molar-refractivity contribution is 0.353. The van der Waals surface area contributed by atoms with E-state index in [9.17, 15) is 4.39 Å². The molecule has 0 spiro atoms. The first-order valence-electron chi connectivity index (χ1n) is 8.38. The standard InChI is InChI=1S/C19H33FN2/c1-7-15-22(9-3)18(12-10-11-16(4)5)19(21-6)17(8-2)13-14-20/h10,12,17H,4,6-9,11,13-15H2,1-3,5H3/b12-10-,19-18+. The van der Waals surface area contributed by atoms with Crippen molar-refractivity contribution >= 4 is 6.72 Å². The van der Waals surface area contributed by atoms with Crippen molar-refractivity contribution in [2.24, 2.45) is 10.9 Å². The number of rotatable bonds is 12. The molecule has 0 aliphatic rings. The van der Waals surface area contributed by atoms with Gasteiger partial charge in [0.2, 0.25) is 0 Å². The highest BCUT2D eigenvalue weighted by molar-refractivity contribution is 5.35. The molecule has 0 radical (unpaired) electrons. The van der Waals surface area contributed by atoms with Crippen LogP contribution in [-0.4, -0.2) is 31.4 Å². The van der Waals surface area contributed by atoms with Crippen molar-refractivity contribution in [1.29, 1.82) is 0 Å². The lowest BCUT2D eigenvalue weighted by Gasteiger charge is -2.28. The van der Waals surface area contributed by atoms with Gasteiger partial charge in [-0.05, 0) is 52.3 Å². The molecule has 0 aromatic rings. The smallest absolute Gasteiger partial charge is 0.0900 e. The van der Waals surface area contributed by atoms with Crippen molar-refractivity contribution in [3.63, 3.8) is 0 Å². The fraction of sp³-hybridized carbons (Fsp3) is 0.632. The van der Waals surface area contributed by atoms with E-state index in [0.717, 1.165) is 49.3 Å². The molecule has 3 heteroatoms. The third-order valence-electron chi connectivity index (χ3n) is 3.73. The summed E-state index contributed by atoms with van der Waals surface area (Å²) in [5, 5.41) is 0. The zero-order valence-corrected chi connectivity index (χ0v) is 14.9. The van der Waals surface area contributed by atoms with E-state index in [4.69, 9.17) is 0 Å². The first kappa shape index (κ1) is 20.6. The summed E-state index contributed by atoms with van der Waals surface area (Å²) in [5.74, 6) is 0.123. The lowest BCUT2D eigenvalue weighted by Crippen LogP contribution is -2.25. The van der Waals surface area contributed by atoms with E-state index >= 15 is 0 Å². The maximum atomic E-state index is 12.9. The molecular weight excluding hydrogens is 275 g/mol. The second-order valence-corrected chi connectivity index (χ2v) is 5.65. The number of halogens is 1. The quantitative estimate of drug-likeness (QED) is 0.262. The maximum Gasteiger partial charge on any atom is 0.0900 e. The Labute approximate surface area is 136 Å². The van der Waals surface area contributed by atoms with E-state index in [1.54, 1.807) is 0 Å². The lowest BCUT2D eigenvalue weighted by atomic mass is 9.96. The van der Waals surface area contributed by atoms with Gasteiger partial charge in [-0.15, -0.1) is 0 Å². The average Bonchev–Trinajstić information content (AvgIpc) is 2.50. The molecule has 0 bridgehead atoms. The Morgan fingerprint density at radius 2 is 2.00 bits per heavy atom. The summed E-state index contributed by atoms with van der Waals surface area (Å²) in [6.45, 7) is 17.6. The number of hydrogen-bond donors (Lipinski definition) is 0. The van der Waals surface area contributed by atoms with E-state index in [0.29, 0.717) is 6.42 Å². The zero-order chi connectivity index (χ0) is 17.0. The van der Waals surface area contributed by atoms with Gasteiger partial charge >= 0.3 is 0 Å². The third-order valence-corrected chi connectivity index (χ3v) is 3.73. The Morgan fingerprint density at radius 3 is 2.41 bits per heavy atom. The van der Waals surface area contributed by atoms with E-state index in [2.05, 4.69) is 56.1 Å². The number of likely N-dealkylation sites (N-methyl/N-ethyl adjacent to an activating group) is 1. The molecule has 0 heterocycles. The first-order valence-corrected chi connectivity index (χ1v) is 8.38. The number of allylic oxidation sites excluding steroid dienone is 4. The van der Waals surface area contributed by atoms with Gasteiger partial charge in [0, 0.05) is 19.0 Å². The van der Waals surface area contributed by atoms with Gasteiger partial charge in [-0.2, -0.15) is 0 Å². The minimum Gasteiger partial charge on any atom is -0.370 e. The normalized spacial score (nSPS) is 13.9. The van der Waals surface area contributed by atoms with Crippen molar-refractivity contribution in [2.75, 3.05) is 19.8 Å². The van der Waals surface area contributed by atoms with Gasteiger partial charge in [0.25, 0.3) is 0 Å². The molecule has 0 aliphatic heterocycles. The van der Waals surface area contributed by atoms with Crippen LogP contribution in [0.5, 0.6) is 0 Å². The molecule has 0 aromatic heterocycles. The van der Waals surface area contributed by atoms with Crippen LogP contribution in [0.15, 0.2) is 40.7 Å². The molecule has 0 saturated carbocycles. The van der Waals surface area contributed by atoms with Crippen LogP contribution in [0.4, 0.5) is 4.39 Å². The SMILES string of the molecule is C=N/C(=C(\C=C/CC(=C)C)N(CC)CCC)C(CC)CCF. The first-order chi connectivity index (χ1) is 10.5. The molecule has 2 nitrogen and oxygen atoms in total. The summed E-state index contributed by atoms with van der Waals surface area (Å²) in [5.41, 5.74) is 3.13. The Kier molecular flexibility index (Phi) is 11.4. The van der Waals surface area contributed by atoms with Crippen molar-refractivity contribution in [3.05, 3.63) is 35.7 Å². The second-order valence-electron chi connectivity index (χ2n) is 5.65. The van der Waals surface area contributed by atoms with Gasteiger partial charge in [-0.25, -0.2) is 0 Å². The van der Waals surface area contributed by atoms with Crippen molar-refractivity contribution in [3.8, 4) is 0 Å². The molecule has 0 N–H and O–H groups in total. The monoisotopic (exact) mass is 308 g/mol. The highest BCUT2D eigenvalue weighted by Gasteiger charge is 2.18. The molecule has 0 amide bonds. The molecule has 0 fully saturated rings. The van der Waals surface area contributed by atoms with Gasteiger partial charge in [-0.1, -0.05) is 32.1 Å². The maximum absolute atomic E-state index is 12.9. The number of alkyl halides is 1. The number of hydrogen-bond acceptors (Lipinski definition) is 2. The van der Waals surface area contributed by atoms with Crippen molar-refractivity contribution < 1.29 is 4.39 Å². The summed E-state index contributed by atoms with van der Waals surface area (Å²) < 4.78 is 12.9. The van der Waals surface area contributed by atoms with Crippen LogP contribution in [0.25, 0.3) is 0 Å². The predicted molar refractivity (Wildman–Crippen MR) is 97.1 cm³/mol. The molecule has 0 aliphatic carbocycles. The second kappa shape index (κ2) is 12.2. The average molecular weight is 308 g/mol. The molecular formula is C19H33FN2. The molecule has 0 aromatic carbocycles. The highest BCUT2D eigenvalue weighted by atomic mass is 19.1. The molecule has 1 unspecified atom stereocenters. The Hall–Kier alpha value is -1.38. The molecule has 0 rings (SSSR count). The van der Waals surface area contributed by atoms with E-state index in [-0.39, 0.29) is 12.6 Å². The minimum absolute atomic E-state index is 0.123. The number of aliphatic imine (C=N–C) groups is 1. The Bertz CT molecular complexity index is 396. The van der Waals surface area contributed by atoms with Crippen LogP contribution in [0, 0.1) is 5.92 Å². The van der Waals surface area contributed by atoms with Gasteiger partial charge < -0.3 is 4.90 Å². The summed E-state index contributed by atoms with van der Waals surface area (Å²) in [4.78, 5) is 6.58. The van der Waals surface area contributed by atoms with Crippen LogP contribution in [0.2, 0.25) is 0 Å². The summed E-state index contributed by atoms with van der Waals surface area (Å²) >= 11 is 0.